The van der Waals surface area contributed by atoms with E-state index in [0.29, 0.717) is 36.2 Å². The number of nitriles is 1. The Morgan fingerprint density at radius 1 is 1.34 bits per heavy atom. The zero-order chi connectivity index (χ0) is 21.6. The Balaban J connectivity index is 2.30. The van der Waals surface area contributed by atoms with Crippen molar-refractivity contribution in [1.29, 1.82) is 5.26 Å². The second-order valence-corrected chi connectivity index (χ2v) is 7.72. The predicted molar refractivity (Wildman–Crippen MR) is 109 cm³/mol. The largest absolute Gasteiger partial charge is 0.465 e. The molecule has 8 heteroatoms. The van der Waals surface area contributed by atoms with E-state index in [1.807, 2.05) is 18.2 Å². The molecule has 1 aromatic heterocycles. The molecule has 8 nitrogen and oxygen atoms in total. The Morgan fingerprint density at radius 2 is 2.07 bits per heavy atom. The number of fused-ring (bicyclic) bond motifs is 1. The number of carboxylic acid groups (broad SMARTS) is 1. The maximum absolute atomic E-state index is 12.1. The first-order valence-corrected chi connectivity index (χ1v) is 9.39. The summed E-state index contributed by atoms with van der Waals surface area (Å²) < 4.78 is 5.28. The van der Waals surface area contributed by atoms with E-state index in [1.165, 1.54) is 0 Å². The normalized spacial score (nSPS) is 12.1. The molecule has 1 atom stereocenters. The first-order chi connectivity index (χ1) is 13.6. The van der Waals surface area contributed by atoms with E-state index in [0.717, 1.165) is 10.9 Å². The molecule has 1 aromatic carbocycles. The van der Waals surface area contributed by atoms with Crippen molar-refractivity contribution >= 4 is 23.1 Å². The SMILES string of the molecule is CC(NC(=O)OC(C)(C)C)c1cc(C#N)c2cccc(CCCNC(=O)O)c2n1. The third-order valence-electron chi connectivity index (χ3n) is 4.14. The first kappa shape index (κ1) is 22.0. The number of nitrogens with zero attached hydrogens (tertiary/aromatic N) is 2. The quantitative estimate of drug-likeness (QED) is 0.634. The number of pyridine rings is 1. The molecule has 1 heterocycles. The smallest absolute Gasteiger partial charge is 0.408 e. The second kappa shape index (κ2) is 9.24. The number of benzene rings is 1. The number of alkyl carbamates (subject to hydrolysis) is 1. The fourth-order valence-corrected chi connectivity index (χ4v) is 2.88. The average Bonchev–Trinajstić information content (AvgIpc) is 2.62. The molecule has 0 fully saturated rings. The summed E-state index contributed by atoms with van der Waals surface area (Å²) in [6.45, 7) is 7.45. The van der Waals surface area contributed by atoms with E-state index in [-0.39, 0.29) is 0 Å². The predicted octanol–water partition coefficient (Wildman–Crippen LogP) is 3.89. The highest BCUT2D eigenvalue weighted by Gasteiger charge is 2.20. The van der Waals surface area contributed by atoms with Gasteiger partial charge in [-0.15, -0.1) is 0 Å². The number of aryl methyl sites for hydroxylation is 1. The van der Waals surface area contributed by atoms with E-state index in [2.05, 4.69) is 21.7 Å². The maximum atomic E-state index is 12.1. The van der Waals surface area contributed by atoms with Crippen LogP contribution < -0.4 is 10.6 Å². The minimum Gasteiger partial charge on any atom is -0.465 e. The minimum atomic E-state index is -1.06. The summed E-state index contributed by atoms with van der Waals surface area (Å²) in [5, 5.41) is 24.1. The third kappa shape index (κ3) is 6.35. The van der Waals surface area contributed by atoms with Gasteiger partial charge in [0.05, 0.1) is 28.9 Å². The zero-order valence-corrected chi connectivity index (χ0v) is 17.1. The molecule has 0 aliphatic carbocycles. The van der Waals surface area contributed by atoms with Crippen LogP contribution in [0.4, 0.5) is 9.59 Å². The molecule has 2 rings (SSSR count). The first-order valence-electron chi connectivity index (χ1n) is 9.39. The number of ether oxygens (including phenoxy) is 1. The standard InChI is InChI=1S/C21H26N4O4/c1-13(24-20(28)29-21(2,3)4)17-11-15(12-22)16-9-5-7-14(18(16)25-17)8-6-10-23-19(26)27/h5,7,9,11,13,23H,6,8,10H2,1-4H3,(H,24,28)(H,26,27). The number of nitrogens with one attached hydrogen (secondary N) is 2. The van der Waals surface area contributed by atoms with Crippen LogP contribution in [0, 0.1) is 11.3 Å². The average molecular weight is 398 g/mol. The van der Waals surface area contributed by atoms with Crippen LogP contribution in [0.25, 0.3) is 10.9 Å². The summed E-state index contributed by atoms with van der Waals surface area (Å²) in [5.74, 6) is 0. The van der Waals surface area contributed by atoms with Crippen LogP contribution in [0.15, 0.2) is 24.3 Å². The van der Waals surface area contributed by atoms with Crippen molar-refractivity contribution < 1.29 is 19.4 Å². The van der Waals surface area contributed by atoms with Gasteiger partial charge in [0.2, 0.25) is 0 Å². The Hall–Kier alpha value is -3.34. The minimum absolute atomic E-state index is 0.327. The molecular formula is C21H26N4O4. The molecule has 0 saturated carbocycles. The number of aromatic nitrogens is 1. The lowest BCUT2D eigenvalue weighted by atomic mass is 10.0. The van der Waals surface area contributed by atoms with Gasteiger partial charge in [0, 0.05) is 11.9 Å². The summed E-state index contributed by atoms with van der Waals surface area (Å²) in [5.41, 5.74) is 1.99. The number of rotatable bonds is 6. The lowest BCUT2D eigenvalue weighted by molar-refractivity contribution is 0.0507. The van der Waals surface area contributed by atoms with Gasteiger partial charge < -0.3 is 20.5 Å². The summed E-state index contributed by atoms with van der Waals surface area (Å²) >= 11 is 0. The van der Waals surface area contributed by atoms with E-state index in [4.69, 9.17) is 9.84 Å². The molecule has 0 saturated heterocycles. The van der Waals surface area contributed by atoms with Crippen LogP contribution in [0.1, 0.15) is 57.0 Å². The molecule has 2 aromatic rings. The molecule has 29 heavy (non-hydrogen) atoms. The number of para-hydroxylation sites is 1. The molecule has 0 aliphatic rings. The molecular weight excluding hydrogens is 372 g/mol. The highest BCUT2D eigenvalue weighted by Crippen LogP contribution is 2.25. The van der Waals surface area contributed by atoms with Crippen molar-refractivity contribution in [1.82, 2.24) is 15.6 Å². The number of hydrogen-bond donors (Lipinski definition) is 3. The molecule has 154 valence electrons. The lowest BCUT2D eigenvalue weighted by Gasteiger charge is -2.22. The maximum Gasteiger partial charge on any atom is 0.408 e. The molecule has 2 amide bonds. The van der Waals surface area contributed by atoms with Gasteiger partial charge in [-0.1, -0.05) is 18.2 Å². The lowest BCUT2D eigenvalue weighted by Crippen LogP contribution is -2.34. The molecule has 0 aliphatic heterocycles. The monoisotopic (exact) mass is 398 g/mol. The van der Waals surface area contributed by atoms with Crippen LogP contribution in [0.5, 0.6) is 0 Å². The summed E-state index contributed by atoms with van der Waals surface area (Å²) in [7, 11) is 0. The van der Waals surface area contributed by atoms with Crippen LogP contribution in [-0.2, 0) is 11.2 Å². The molecule has 0 radical (unpaired) electrons. The second-order valence-electron chi connectivity index (χ2n) is 7.72. The van der Waals surface area contributed by atoms with Gasteiger partial charge >= 0.3 is 12.2 Å². The topological polar surface area (TPSA) is 124 Å². The van der Waals surface area contributed by atoms with Gasteiger partial charge in [0.25, 0.3) is 0 Å². The zero-order valence-electron chi connectivity index (χ0n) is 17.1. The molecule has 3 N–H and O–H groups in total. The van der Waals surface area contributed by atoms with Crippen LogP contribution >= 0.6 is 0 Å². The van der Waals surface area contributed by atoms with Gasteiger partial charge in [0.1, 0.15) is 5.60 Å². The van der Waals surface area contributed by atoms with Crippen molar-refractivity contribution in [3.63, 3.8) is 0 Å². The van der Waals surface area contributed by atoms with Crippen molar-refractivity contribution in [2.45, 2.75) is 52.2 Å². The summed E-state index contributed by atoms with van der Waals surface area (Å²) in [6.07, 6.45) is -0.409. The van der Waals surface area contributed by atoms with Gasteiger partial charge in [-0.3, -0.25) is 4.98 Å². The Kier molecular flexibility index (Phi) is 6.99. The van der Waals surface area contributed by atoms with Crippen molar-refractivity contribution in [2.75, 3.05) is 6.54 Å². The molecule has 0 spiro atoms. The number of carbonyl (C=O) groups excluding carboxylic acids is 1. The third-order valence-corrected chi connectivity index (χ3v) is 4.14. The number of carbonyl (C=O) groups is 2. The molecule has 1 unspecified atom stereocenters. The van der Waals surface area contributed by atoms with E-state index in [1.54, 1.807) is 33.8 Å². The van der Waals surface area contributed by atoms with Gasteiger partial charge in [-0.2, -0.15) is 5.26 Å². The Bertz CT molecular complexity index is 944. The highest BCUT2D eigenvalue weighted by molar-refractivity contribution is 5.87. The summed E-state index contributed by atoms with van der Waals surface area (Å²) in [4.78, 5) is 27.4. The van der Waals surface area contributed by atoms with Gasteiger partial charge in [0.15, 0.2) is 0 Å². The number of hydrogen-bond acceptors (Lipinski definition) is 5. The van der Waals surface area contributed by atoms with Gasteiger partial charge in [-0.05, 0) is 52.2 Å². The van der Waals surface area contributed by atoms with Crippen molar-refractivity contribution in [3.8, 4) is 6.07 Å². The van der Waals surface area contributed by atoms with Crippen LogP contribution in [0.2, 0.25) is 0 Å². The fourth-order valence-electron chi connectivity index (χ4n) is 2.88. The van der Waals surface area contributed by atoms with E-state index < -0.39 is 23.8 Å². The number of amides is 2. The highest BCUT2D eigenvalue weighted by atomic mass is 16.6. The van der Waals surface area contributed by atoms with E-state index >= 15 is 0 Å². The van der Waals surface area contributed by atoms with Crippen molar-refractivity contribution in [3.05, 3.63) is 41.1 Å². The molecule has 0 bridgehead atoms. The van der Waals surface area contributed by atoms with Crippen LogP contribution in [0.3, 0.4) is 0 Å². The Labute approximate surface area is 169 Å². The Morgan fingerprint density at radius 3 is 2.69 bits per heavy atom. The summed E-state index contributed by atoms with van der Waals surface area (Å²) in [6, 6.07) is 9.00. The van der Waals surface area contributed by atoms with Crippen molar-refractivity contribution in [2.24, 2.45) is 0 Å². The van der Waals surface area contributed by atoms with Gasteiger partial charge in [-0.25, -0.2) is 9.59 Å². The fraction of sp³-hybridized carbons (Fsp3) is 0.429. The van der Waals surface area contributed by atoms with E-state index in [9.17, 15) is 14.9 Å². The van der Waals surface area contributed by atoms with Crippen LogP contribution in [-0.4, -0.2) is 34.4 Å².